The van der Waals surface area contributed by atoms with Crippen molar-refractivity contribution in [1.82, 2.24) is 15.1 Å². The fourth-order valence-corrected chi connectivity index (χ4v) is 3.17. The molecule has 1 atom stereocenters. The van der Waals surface area contributed by atoms with Crippen molar-refractivity contribution in [3.05, 3.63) is 82.4 Å². The summed E-state index contributed by atoms with van der Waals surface area (Å²) in [5.74, 6) is -2.30. The van der Waals surface area contributed by atoms with E-state index in [1.165, 1.54) is 19.1 Å². The van der Waals surface area contributed by atoms with Crippen LogP contribution in [0.2, 0.25) is 0 Å². The number of nitrogens with zero attached hydrogens (tertiary/aromatic N) is 2. The van der Waals surface area contributed by atoms with Crippen LogP contribution in [-0.2, 0) is 30.3 Å². The molecule has 2 aromatic carbocycles. The fourth-order valence-electron chi connectivity index (χ4n) is 3.17. The van der Waals surface area contributed by atoms with Crippen molar-refractivity contribution >= 4 is 5.91 Å². The van der Waals surface area contributed by atoms with Gasteiger partial charge in [-0.05, 0) is 42.8 Å². The van der Waals surface area contributed by atoms with Gasteiger partial charge in [0.1, 0.15) is 5.82 Å². The molecule has 0 fully saturated rings. The molecule has 34 heavy (non-hydrogen) atoms. The van der Waals surface area contributed by atoms with Crippen molar-refractivity contribution in [2.75, 3.05) is 0 Å². The molecular weight excluding hydrogens is 471 g/mol. The highest BCUT2D eigenvalue weighted by atomic mass is 19.4. The lowest BCUT2D eigenvalue weighted by molar-refractivity contribution is -0.141. The molecule has 3 aromatic rings. The van der Waals surface area contributed by atoms with Gasteiger partial charge in [0.25, 0.3) is 0 Å². The SMILES string of the molecule is CC(C(=O)NCc1cc(C(F)(F)F)nn1-c1cccc(C(F)(F)F)c1)c1ccc(CO)c(F)c1. The summed E-state index contributed by atoms with van der Waals surface area (Å²) in [7, 11) is 0. The van der Waals surface area contributed by atoms with Crippen molar-refractivity contribution < 1.29 is 40.6 Å². The predicted molar refractivity (Wildman–Crippen MR) is 106 cm³/mol. The van der Waals surface area contributed by atoms with Crippen LogP contribution in [0.3, 0.4) is 0 Å². The molecule has 1 aromatic heterocycles. The van der Waals surface area contributed by atoms with E-state index in [0.717, 1.165) is 24.3 Å². The molecule has 0 aliphatic heterocycles. The molecule has 12 heteroatoms. The quantitative estimate of drug-likeness (QED) is 0.481. The van der Waals surface area contributed by atoms with Gasteiger partial charge < -0.3 is 10.4 Å². The van der Waals surface area contributed by atoms with Crippen molar-refractivity contribution in [2.24, 2.45) is 0 Å². The number of benzene rings is 2. The Bertz CT molecular complexity index is 1190. The molecule has 0 saturated heterocycles. The Hall–Kier alpha value is -3.41. The highest BCUT2D eigenvalue weighted by Crippen LogP contribution is 2.32. The number of hydrogen-bond donors (Lipinski definition) is 2. The number of hydrogen-bond acceptors (Lipinski definition) is 3. The number of halogens is 7. The van der Waals surface area contributed by atoms with E-state index in [2.05, 4.69) is 10.4 Å². The zero-order valence-corrected chi connectivity index (χ0v) is 17.5. The zero-order valence-electron chi connectivity index (χ0n) is 17.5. The van der Waals surface area contributed by atoms with Crippen LogP contribution in [0.15, 0.2) is 48.5 Å². The third-order valence-electron chi connectivity index (χ3n) is 5.08. The van der Waals surface area contributed by atoms with Crippen molar-refractivity contribution in [2.45, 2.75) is 38.3 Å². The molecule has 1 amide bonds. The first-order chi connectivity index (χ1) is 15.8. The summed E-state index contributed by atoms with van der Waals surface area (Å²) in [4.78, 5) is 12.5. The number of carbonyl (C=O) groups excluding carboxylic acids is 1. The van der Waals surface area contributed by atoms with E-state index in [1.54, 1.807) is 0 Å². The highest BCUT2D eigenvalue weighted by molar-refractivity contribution is 5.83. The van der Waals surface area contributed by atoms with Crippen LogP contribution in [0.25, 0.3) is 5.69 Å². The molecule has 1 unspecified atom stereocenters. The Kier molecular flexibility index (Phi) is 7.01. The monoisotopic (exact) mass is 489 g/mol. The first-order valence-corrected chi connectivity index (χ1v) is 9.82. The summed E-state index contributed by atoms with van der Waals surface area (Å²) in [5.41, 5.74) is -2.62. The maximum absolute atomic E-state index is 13.9. The molecule has 1 heterocycles. The minimum Gasteiger partial charge on any atom is -0.392 e. The molecular formula is C22H18F7N3O2. The van der Waals surface area contributed by atoms with Crippen LogP contribution in [0.1, 0.15) is 40.9 Å². The second-order valence-corrected chi connectivity index (χ2v) is 7.43. The molecule has 0 aliphatic rings. The van der Waals surface area contributed by atoms with E-state index in [1.807, 2.05) is 0 Å². The number of rotatable bonds is 6. The van der Waals surface area contributed by atoms with Gasteiger partial charge in [-0.2, -0.15) is 31.4 Å². The standard InChI is InChI=1S/C22H18F7N3O2/c1-12(13-5-6-14(11-33)18(23)7-13)20(34)30-10-17-9-19(22(27,28)29)31-32(17)16-4-2-3-15(8-16)21(24,25)26/h2-9,12,33H,10-11H2,1H3,(H,30,34). The largest absolute Gasteiger partial charge is 0.435 e. The van der Waals surface area contributed by atoms with Crippen LogP contribution < -0.4 is 5.32 Å². The fraction of sp³-hybridized carbons (Fsp3) is 0.273. The third kappa shape index (κ3) is 5.56. The van der Waals surface area contributed by atoms with Gasteiger partial charge >= 0.3 is 12.4 Å². The Labute approximate surface area is 188 Å². The van der Waals surface area contributed by atoms with Gasteiger partial charge in [-0.25, -0.2) is 9.07 Å². The lowest BCUT2D eigenvalue weighted by atomic mass is 9.98. The van der Waals surface area contributed by atoms with Crippen LogP contribution in [0.5, 0.6) is 0 Å². The Morgan fingerprint density at radius 3 is 2.35 bits per heavy atom. The Balaban J connectivity index is 1.87. The number of amides is 1. The van der Waals surface area contributed by atoms with E-state index >= 15 is 0 Å². The van der Waals surface area contributed by atoms with E-state index in [-0.39, 0.29) is 22.5 Å². The van der Waals surface area contributed by atoms with Crippen molar-refractivity contribution in [1.29, 1.82) is 0 Å². The van der Waals surface area contributed by atoms with Crippen LogP contribution in [0, 0.1) is 5.82 Å². The number of aliphatic hydroxyl groups is 1. The molecule has 5 nitrogen and oxygen atoms in total. The Morgan fingerprint density at radius 1 is 1.06 bits per heavy atom. The van der Waals surface area contributed by atoms with E-state index < -0.39 is 54.4 Å². The number of nitrogens with one attached hydrogen (secondary N) is 1. The number of alkyl halides is 6. The lowest BCUT2D eigenvalue weighted by Crippen LogP contribution is -2.28. The van der Waals surface area contributed by atoms with E-state index in [9.17, 15) is 35.5 Å². The number of aliphatic hydroxyl groups excluding tert-OH is 1. The molecule has 182 valence electrons. The molecule has 0 saturated carbocycles. The average molecular weight is 489 g/mol. The van der Waals surface area contributed by atoms with E-state index in [4.69, 9.17) is 5.11 Å². The summed E-state index contributed by atoms with van der Waals surface area (Å²) >= 11 is 0. The maximum Gasteiger partial charge on any atom is 0.435 e. The first kappa shape index (κ1) is 25.2. The minimum atomic E-state index is -4.87. The second-order valence-electron chi connectivity index (χ2n) is 7.43. The number of carbonyl (C=O) groups is 1. The van der Waals surface area contributed by atoms with Gasteiger partial charge in [0.15, 0.2) is 5.69 Å². The smallest absolute Gasteiger partial charge is 0.392 e. The van der Waals surface area contributed by atoms with Gasteiger partial charge in [0.2, 0.25) is 5.91 Å². The minimum absolute atomic E-state index is 0.0287. The maximum atomic E-state index is 13.9. The normalized spacial score (nSPS) is 13.1. The van der Waals surface area contributed by atoms with Crippen molar-refractivity contribution in [3.8, 4) is 5.69 Å². The average Bonchev–Trinajstić information content (AvgIpc) is 3.21. The molecule has 2 N–H and O–H groups in total. The summed E-state index contributed by atoms with van der Waals surface area (Å²) < 4.78 is 93.4. The topological polar surface area (TPSA) is 67.2 Å². The molecule has 0 spiro atoms. The predicted octanol–water partition coefficient (Wildman–Crippen LogP) is 4.96. The second kappa shape index (κ2) is 9.45. The van der Waals surface area contributed by atoms with Gasteiger partial charge in [0, 0.05) is 5.56 Å². The zero-order chi connectivity index (χ0) is 25.3. The number of aromatic nitrogens is 2. The molecule has 0 aliphatic carbocycles. The molecule has 0 radical (unpaired) electrons. The van der Waals surface area contributed by atoms with Gasteiger partial charge in [-0.1, -0.05) is 18.2 Å². The summed E-state index contributed by atoms with van der Waals surface area (Å²) in [6.07, 6.45) is -9.59. The first-order valence-electron chi connectivity index (χ1n) is 9.82. The summed E-state index contributed by atoms with van der Waals surface area (Å²) in [6, 6.07) is 8.00. The summed E-state index contributed by atoms with van der Waals surface area (Å²) in [5, 5.41) is 14.8. The summed E-state index contributed by atoms with van der Waals surface area (Å²) in [6.45, 7) is 0.418. The van der Waals surface area contributed by atoms with Crippen LogP contribution >= 0.6 is 0 Å². The van der Waals surface area contributed by atoms with Crippen LogP contribution in [-0.4, -0.2) is 20.8 Å². The lowest BCUT2D eigenvalue weighted by Gasteiger charge is -2.15. The van der Waals surface area contributed by atoms with Gasteiger partial charge in [0.05, 0.1) is 36.0 Å². The van der Waals surface area contributed by atoms with Crippen molar-refractivity contribution in [3.63, 3.8) is 0 Å². The Morgan fingerprint density at radius 2 is 1.76 bits per heavy atom. The highest BCUT2D eigenvalue weighted by Gasteiger charge is 2.36. The van der Waals surface area contributed by atoms with Crippen LogP contribution in [0.4, 0.5) is 30.7 Å². The molecule has 3 rings (SSSR count). The van der Waals surface area contributed by atoms with E-state index in [0.29, 0.717) is 16.8 Å². The van der Waals surface area contributed by atoms with Gasteiger partial charge in [-0.15, -0.1) is 0 Å². The van der Waals surface area contributed by atoms with Gasteiger partial charge in [-0.3, -0.25) is 4.79 Å². The molecule has 0 bridgehead atoms. The third-order valence-corrected chi connectivity index (χ3v) is 5.08.